The maximum Gasteiger partial charge on any atom is 0.222 e. The molecule has 0 unspecified atom stereocenters. The highest BCUT2D eigenvalue weighted by molar-refractivity contribution is 5.76. The van der Waals surface area contributed by atoms with Crippen LogP contribution in [0.15, 0.2) is 18.2 Å². The van der Waals surface area contributed by atoms with Gasteiger partial charge in [-0.3, -0.25) is 14.6 Å². The van der Waals surface area contributed by atoms with Crippen LogP contribution in [0, 0.1) is 0 Å². The zero-order valence-electron chi connectivity index (χ0n) is 16.5. The number of para-hydroxylation sites is 1. The fourth-order valence-corrected chi connectivity index (χ4v) is 4.29. The predicted molar refractivity (Wildman–Crippen MR) is 102 cm³/mol. The van der Waals surface area contributed by atoms with Crippen molar-refractivity contribution in [1.82, 2.24) is 14.7 Å². The third-order valence-corrected chi connectivity index (χ3v) is 6.10. The zero-order chi connectivity index (χ0) is 18.7. The van der Waals surface area contributed by atoms with Crippen LogP contribution in [0.3, 0.4) is 0 Å². The summed E-state index contributed by atoms with van der Waals surface area (Å²) in [4.78, 5) is 19.0. The lowest BCUT2D eigenvalue weighted by Gasteiger charge is -2.49. The van der Waals surface area contributed by atoms with Gasteiger partial charge >= 0.3 is 0 Å². The van der Waals surface area contributed by atoms with E-state index in [1.807, 2.05) is 24.1 Å². The molecule has 2 saturated heterocycles. The highest BCUT2D eigenvalue weighted by Gasteiger charge is 2.41. The minimum Gasteiger partial charge on any atom is -0.493 e. The van der Waals surface area contributed by atoms with Gasteiger partial charge in [0.1, 0.15) is 0 Å². The van der Waals surface area contributed by atoms with Crippen LogP contribution in [0.4, 0.5) is 0 Å². The van der Waals surface area contributed by atoms with Crippen LogP contribution in [0.1, 0.15) is 24.8 Å². The number of piperazine rings is 1. The minimum absolute atomic E-state index is 0.0742. The van der Waals surface area contributed by atoms with Gasteiger partial charge in [-0.2, -0.15) is 0 Å². The van der Waals surface area contributed by atoms with Gasteiger partial charge in [0.05, 0.1) is 14.2 Å². The van der Waals surface area contributed by atoms with Crippen molar-refractivity contribution in [3.63, 3.8) is 0 Å². The molecule has 0 aliphatic carbocycles. The molecule has 0 aromatic heterocycles. The van der Waals surface area contributed by atoms with E-state index in [9.17, 15) is 4.79 Å². The van der Waals surface area contributed by atoms with Crippen LogP contribution in [-0.2, 0) is 11.3 Å². The number of amides is 1. The Balaban J connectivity index is 1.78. The van der Waals surface area contributed by atoms with E-state index in [-0.39, 0.29) is 11.4 Å². The second-order valence-electron chi connectivity index (χ2n) is 7.57. The molecule has 2 fully saturated rings. The van der Waals surface area contributed by atoms with E-state index in [2.05, 4.69) is 22.9 Å². The van der Waals surface area contributed by atoms with E-state index in [4.69, 9.17) is 9.47 Å². The minimum atomic E-state index is 0.0742. The first-order valence-corrected chi connectivity index (χ1v) is 9.36. The third kappa shape index (κ3) is 3.67. The summed E-state index contributed by atoms with van der Waals surface area (Å²) < 4.78 is 11.0. The Morgan fingerprint density at radius 3 is 2.62 bits per heavy atom. The molecule has 2 heterocycles. The molecule has 144 valence electrons. The second kappa shape index (κ2) is 7.84. The monoisotopic (exact) mass is 361 g/mol. The first-order chi connectivity index (χ1) is 12.5. The number of hydrogen-bond donors (Lipinski definition) is 0. The molecule has 1 aromatic rings. The Kier molecular flexibility index (Phi) is 5.73. The summed E-state index contributed by atoms with van der Waals surface area (Å²) in [6.45, 7) is 4.68. The molecular formula is C20H31N3O3. The average molecular weight is 361 g/mol. The molecular weight excluding hydrogens is 330 g/mol. The van der Waals surface area contributed by atoms with Crippen molar-refractivity contribution in [1.29, 1.82) is 0 Å². The molecule has 1 atom stereocenters. The molecule has 0 saturated carbocycles. The summed E-state index contributed by atoms with van der Waals surface area (Å²) in [5, 5.41) is 0. The van der Waals surface area contributed by atoms with Crippen molar-refractivity contribution in [3.05, 3.63) is 23.8 Å². The van der Waals surface area contributed by atoms with Crippen LogP contribution in [0.2, 0.25) is 0 Å². The number of likely N-dealkylation sites (N-methyl/N-ethyl adjacent to an activating group) is 1. The molecule has 2 aliphatic heterocycles. The smallest absolute Gasteiger partial charge is 0.222 e. The van der Waals surface area contributed by atoms with E-state index >= 15 is 0 Å². The summed E-state index contributed by atoms with van der Waals surface area (Å²) in [5.41, 5.74) is 1.22. The van der Waals surface area contributed by atoms with Crippen molar-refractivity contribution in [2.75, 3.05) is 54.5 Å². The molecule has 0 N–H and O–H groups in total. The summed E-state index contributed by atoms with van der Waals surface area (Å²) in [6, 6.07) is 6.05. The first kappa shape index (κ1) is 19.0. The van der Waals surface area contributed by atoms with Crippen LogP contribution < -0.4 is 9.47 Å². The maximum atomic E-state index is 12.1. The number of carbonyl (C=O) groups excluding carboxylic acids is 1. The normalized spacial score (nSPS) is 25.4. The number of hydrogen-bond acceptors (Lipinski definition) is 5. The van der Waals surface area contributed by atoms with Crippen molar-refractivity contribution < 1.29 is 14.3 Å². The van der Waals surface area contributed by atoms with Gasteiger partial charge in [0.15, 0.2) is 11.5 Å². The summed E-state index contributed by atoms with van der Waals surface area (Å²) in [5.74, 6) is 1.86. The lowest BCUT2D eigenvalue weighted by atomic mass is 9.86. The van der Waals surface area contributed by atoms with Gasteiger partial charge in [-0.15, -0.1) is 0 Å². The number of methoxy groups -OCH3 is 2. The zero-order valence-corrected chi connectivity index (χ0v) is 16.5. The average Bonchev–Trinajstić information content (AvgIpc) is 2.79. The van der Waals surface area contributed by atoms with E-state index < -0.39 is 0 Å². The van der Waals surface area contributed by atoms with Crippen LogP contribution in [0.25, 0.3) is 0 Å². The number of benzene rings is 1. The molecule has 6 heteroatoms. The molecule has 3 rings (SSSR count). The molecule has 1 amide bonds. The predicted octanol–water partition coefficient (Wildman–Crippen LogP) is 1.83. The van der Waals surface area contributed by atoms with Crippen molar-refractivity contribution in [2.45, 2.75) is 31.3 Å². The molecule has 26 heavy (non-hydrogen) atoms. The van der Waals surface area contributed by atoms with E-state index in [0.717, 1.165) is 62.6 Å². The molecule has 6 nitrogen and oxygen atoms in total. The van der Waals surface area contributed by atoms with E-state index in [0.29, 0.717) is 6.42 Å². The summed E-state index contributed by atoms with van der Waals surface area (Å²) in [6.07, 6.45) is 2.59. The number of carbonyl (C=O) groups is 1. The largest absolute Gasteiger partial charge is 0.493 e. The van der Waals surface area contributed by atoms with Gasteiger partial charge in [-0.25, -0.2) is 0 Å². The van der Waals surface area contributed by atoms with E-state index in [1.165, 1.54) is 0 Å². The quantitative estimate of drug-likeness (QED) is 0.819. The van der Waals surface area contributed by atoms with Gasteiger partial charge in [0, 0.05) is 57.3 Å². The maximum absolute atomic E-state index is 12.1. The lowest BCUT2D eigenvalue weighted by Crippen LogP contribution is -2.60. The van der Waals surface area contributed by atoms with Gasteiger partial charge in [-0.05, 0) is 26.0 Å². The Labute approximate surface area is 156 Å². The molecule has 2 aliphatic rings. The van der Waals surface area contributed by atoms with Crippen LogP contribution >= 0.6 is 0 Å². The lowest BCUT2D eigenvalue weighted by molar-refractivity contribution is -0.129. The Hall–Kier alpha value is -1.79. The van der Waals surface area contributed by atoms with Gasteiger partial charge in [-0.1, -0.05) is 12.1 Å². The van der Waals surface area contributed by atoms with Crippen molar-refractivity contribution >= 4 is 5.91 Å². The van der Waals surface area contributed by atoms with Gasteiger partial charge in [0.25, 0.3) is 0 Å². The Bertz CT molecular complexity index is 651. The fourth-order valence-electron chi connectivity index (χ4n) is 4.29. The SMILES string of the molecule is COc1cccc(CN2CCN(C)[C@@]3(CCC(=O)N(C)CC3)C2)c1OC. The topological polar surface area (TPSA) is 45.2 Å². The number of rotatable bonds is 4. The Morgan fingerprint density at radius 1 is 1.08 bits per heavy atom. The second-order valence-corrected chi connectivity index (χ2v) is 7.57. The van der Waals surface area contributed by atoms with Gasteiger partial charge < -0.3 is 14.4 Å². The van der Waals surface area contributed by atoms with Gasteiger partial charge in [0.2, 0.25) is 5.91 Å². The number of nitrogens with zero attached hydrogens (tertiary/aromatic N) is 3. The van der Waals surface area contributed by atoms with E-state index in [1.54, 1.807) is 14.2 Å². The highest BCUT2D eigenvalue weighted by Crippen LogP contribution is 2.35. The molecule has 1 aromatic carbocycles. The third-order valence-electron chi connectivity index (χ3n) is 6.10. The molecule has 1 spiro atoms. The highest BCUT2D eigenvalue weighted by atomic mass is 16.5. The number of likely N-dealkylation sites (tertiary alicyclic amines) is 1. The van der Waals surface area contributed by atoms with Crippen molar-refractivity contribution in [2.24, 2.45) is 0 Å². The van der Waals surface area contributed by atoms with Crippen LogP contribution in [-0.4, -0.2) is 80.6 Å². The fraction of sp³-hybridized carbons (Fsp3) is 0.650. The first-order valence-electron chi connectivity index (χ1n) is 9.36. The molecule has 0 radical (unpaired) electrons. The summed E-state index contributed by atoms with van der Waals surface area (Å²) >= 11 is 0. The number of ether oxygens (including phenoxy) is 2. The standard InChI is InChI=1S/C20H31N3O3/c1-21-11-10-20(9-8-18(21)24)15-23(13-12-22(20)2)14-16-6-5-7-17(25-3)19(16)26-4/h5-7H,8-15H2,1-4H3/t20-/m1/s1. The van der Waals surface area contributed by atoms with Crippen LogP contribution in [0.5, 0.6) is 11.5 Å². The molecule has 0 bridgehead atoms. The van der Waals surface area contributed by atoms with Crippen molar-refractivity contribution in [3.8, 4) is 11.5 Å². The Morgan fingerprint density at radius 2 is 1.88 bits per heavy atom. The summed E-state index contributed by atoms with van der Waals surface area (Å²) in [7, 11) is 7.49.